The third kappa shape index (κ3) is 5.80. The van der Waals surface area contributed by atoms with Crippen molar-refractivity contribution >= 4 is 11.8 Å². The molecule has 2 N–H and O–H groups in total. The van der Waals surface area contributed by atoms with Crippen molar-refractivity contribution in [2.45, 2.75) is 109 Å². The van der Waals surface area contributed by atoms with Crippen LogP contribution in [-0.2, 0) is 21.5 Å². The van der Waals surface area contributed by atoms with Crippen molar-refractivity contribution in [2.24, 2.45) is 5.92 Å². The van der Waals surface area contributed by atoms with Crippen molar-refractivity contribution in [2.75, 3.05) is 0 Å². The molecule has 0 radical (unpaired) electrons. The molecule has 29 heavy (non-hydrogen) atoms. The van der Waals surface area contributed by atoms with Gasteiger partial charge in [0.05, 0.1) is 0 Å². The Kier molecular flexibility index (Phi) is 7.67. The summed E-state index contributed by atoms with van der Waals surface area (Å²) in [5.41, 5.74) is -0.539. The number of amides is 2. The summed E-state index contributed by atoms with van der Waals surface area (Å²) in [6.45, 7) is 3.74. The van der Waals surface area contributed by atoms with Crippen LogP contribution in [0, 0.1) is 5.92 Å². The minimum absolute atomic E-state index is 0.0566. The Bertz CT molecular complexity index is 679. The molecule has 0 bridgehead atoms. The van der Waals surface area contributed by atoms with E-state index in [-0.39, 0.29) is 11.8 Å². The lowest BCUT2D eigenvalue weighted by Crippen LogP contribution is -2.45. The van der Waals surface area contributed by atoms with Crippen LogP contribution < -0.4 is 10.6 Å². The molecule has 2 aliphatic carbocycles. The number of carbonyl (C=O) groups excluding carboxylic acids is 2. The highest BCUT2D eigenvalue weighted by Gasteiger charge is 2.38. The number of nitrogens with one attached hydrogen (secondary N) is 2. The second kappa shape index (κ2) is 10.2. The normalized spacial score (nSPS) is 24.5. The van der Waals surface area contributed by atoms with Gasteiger partial charge in [-0.05, 0) is 31.6 Å². The van der Waals surface area contributed by atoms with E-state index in [2.05, 4.69) is 27.7 Å². The first-order valence-electron chi connectivity index (χ1n) is 11.4. The van der Waals surface area contributed by atoms with Crippen LogP contribution in [0.15, 0.2) is 4.52 Å². The van der Waals surface area contributed by atoms with Crippen LogP contribution in [-0.4, -0.2) is 28.0 Å². The summed E-state index contributed by atoms with van der Waals surface area (Å²) in [5, 5.41) is 10.5. The third-order valence-corrected chi connectivity index (χ3v) is 6.61. The van der Waals surface area contributed by atoms with Gasteiger partial charge in [-0.2, -0.15) is 4.98 Å². The molecule has 0 aromatic carbocycles. The largest absolute Gasteiger partial charge is 0.353 e. The molecule has 1 aromatic heterocycles. The molecular formula is C22H36N4O3. The zero-order valence-electron chi connectivity index (χ0n) is 18.0. The molecule has 7 nitrogen and oxygen atoms in total. The second-order valence-electron chi connectivity index (χ2n) is 8.82. The molecule has 2 saturated carbocycles. The van der Waals surface area contributed by atoms with Crippen molar-refractivity contribution in [1.29, 1.82) is 0 Å². The Morgan fingerprint density at radius 2 is 1.83 bits per heavy atom. The number of hydrogen-bond donors (Lipinski definition) is 2. The Morgan fingerprint density at radius 1 is 1.10 bits per heavy atom. The topological polar surface area (TPSA) is 97.1 Å². The maximum absolute atomic E-state index is 12.5. The number of aryl methyl sites for hydroxylation is 1. The van der Waals surface area contributed by atoms with Crippen molar-refractivity contribution in [3.63, 3.8) is 0 Å². The Hall–Kier alpha value is -1.92. The van der Waals surface area contributed by atoms with Crippen molar-refractivity contribution < 1.29 is 14.1 Å². The SMILES string of the molecule is CCC1CCCCC1NC(=O)CCc1nc(C2(NC(C)=O)CCCCCC2)no1. The summed E-state index contributed by atoms with van der Waals surface area (Å²) in [5.74, 6) is 1.61. The molecule has 0 aliphatic heterocycles. The highest BCUT2D eigenvalue weighted by Crippen LogP contribution is 2.34. The van der Waals surface area contributed by atoms with Crippen LogP contribution in [0.5, 0.6) is 0 Å². The predicted molar refractivity (Wildman–Crippen MR) is 110 cm³/mol. The van der Waals surface area contributed by atoms with Crippen LogP contribution in [0.25, 0.3) is 0 Å². The Labute approximate surface area is 173 Å². The molecule has 0 spiro atoms. The molecule has 2 amide bonds. The molecule has 2 fully saturated rings. The first kappa shape index (κ1) is 21.8. The molecule has 0 saturated heterocycles. The number of aromatic nitrogens is 2. The third-order valence-electron chi connectivity index (χ3n) is 6.61. The summed E-state index contributed by atoms with van der Waals surface area (Å²) in [4.78, 5) is 28.8. The van der Waals surface area contributed by atoms with Crippen LogP contribution in [0.4, 0.5) is 0 Å². The fourth-order valence-corrected chi connectivity index (χ4v) is 5.01. The lowest BCUT2D eigenvalue weighted by molar-refractivity contribution is -0.123. The number of hydrogen-bond acceptors (Lipinski definition) is 5. The fraction of sp³-hybridized carbons (Fsp3) is 0.818. The highest BCUT2D eigenvalue weighted by atomic mass is 16.5. The first-order chi connectivity index (χ1) is 14.0. The summed E-state index contributed by atoms with van der Waals surface area (Å²) in [6, 6.07) is 0.300. The maximum atomic E-state index is 12.5. The average Bonchev–Trinajstić information content (AvgIpc) is 3.07. The molecule has 1 aromatic rings. The second-order valence-corrected chi connectivity index (χ2v) is 8.82. The van der Waals surface area contributed by atoms with Gasteiger partial charge in [0.15, 0.2) is 5.82 Å². The van der Waals surface area contributed by atoms with E-state index in [1.165, 1.54) is 26.2 Å². The van der Waals surface area contributed by atoms with Crippen LogP contribution in [0.3, 0.4) is 0 Å². The lowest BCUT2D eigenvalue weighted by atomic mass is 9.83. The Balaban J connectivity index is 1.58. The van der Waals surface area contributed by atoms with Crippen LogP contribution >= 0.6 is 0 Å². The minimum atomic E-state index is -0.539. The molecule has 162 valence electrons. The summed E-state index contributed by atoms with van der Waals surface area (Å²) in [7, 11) is 0. The van der Waals surface area contributed by atoms with E-state index in [1.54, 1.807) is 0 Å². The standard InChI is InChI=1S/C22H36N4O3/c1-3-17-10-6-7-11-18(17)23-19(28)12-13-20-24-21(26-29-20)22(25-16(2)27)14-8-4-5-9-15-22/h17-18H,3-15H2,1-2H3,(H,23,28)(H,25,27). The molecule has 7 heteroatoms. The van der Waals surface area contributed by atoms with E-state index in [0.29, 0.717) is 36.5 Å². The highest BCUT2D eigenvalue weighted by molar-refractivity contribution is 5.76. The molecule has 2 aliphatic rings. The van der Waals surface area contributed by atoms with Gasteiger partial charge in [-0.1, -0.05) is 57.0 Å². The van der Waals surface area contributed by atoms with E-state index in [0.717, 1.165) is 51.4 Å². The van der Waals surface area contributed by atoms with Gasteiger partial charge < -0.3 is 15.2 Å². The number of rotatable bonds is 7. The van der Waals surface area contributed by atoms with E-state index in [4.69, 9.17) is 4.52 Å². The van der Waals surface area contributed by atoms with E-state index >= 15 is 0 Å². The van der Waals surface area contributed by atoms with Gasteiger partial charge >= 0.3 is 0 Å². The first-order valence-corrected chi connectivity index (χ1v) is 11.4. The average molecular weight is 405 g/mol. The van der Waals surface area contributed by atoms with E-state index < -0.39 is 5.54 Å². The van der Waals surface area contributed by atoms with Gasteiger partial charge in [-0.15, -0.1) is 0 Å². The van der Waals surface area contributed by atoms with Gasteiger partial charge in [0.1, 0.15) is 5.54 Å². The molecule has 2 unspecified atom stereocenters. The Morgan fingerprint density at radius 3 is 2.52 bits per heavy atom. The van der Waals surface area contributed by atoms with Crippen LogP contribution in [0.2, 0.25) is 0 Å². The van der Waals surface area contributed by atoms with Crippen molar-refractivity contribution in [3.8, 4) is 0 Å². The monoisotopic (exact) mass is 404 g/mol. The molecular weight excluding hydrogens is 368 g/mol. The van der Waals surface area contributed by atoms with Crippen LogP contribution in [0.1, 0.15) is 103 Å². The number of carbonyl (C=O) groups is 2. The predicted octanol–water partition coefficient (Wildman–Crippen LogP) is 3.77. The van der Waals surface area contributed by atoms with E-state index in [9.17, 15) is 9.59 Å². The molecule has 1 heterocycles. The van der Waals surface area contributed by atoms with Crippen molar-refractivity contribution in [3.05, 3.63) is 11.7 Å². The molecule has 3 rings (SSSR count). The van der Waals surface area contributed by atoms with Gasteiger partial charge in [0, 0.05) is 25.8 Å². The smallest absolute Gasteiger partial charge is 0.227 e. The van der Waals surface area contributed by atoms with Gasteiger partial charge in [0.25, 0.3) is 0 Å². The fourth-order valence-electron chi connectivity index (χ4n) is 5.01. The van der Waals surface area contributed by atoms with Gasteiger partial charge in [-0.25, -0.2) is 0 Å². The maximum Gasteiger partial charge on any atom is 0.227 e. The van der Waals surface area contributed by atoms with Crippen molar-refractivity contribution in [1.82, 2.24) is 20.8 Å². The van der Waals surface area contributed by atoms with E-state index in [1.807, 2.05) is 0 Å². The summed E-state index contributed by atoms with van der Waals surface area (Å²) >= 11 is 0. The van der Waals surface area contributed by atoms with Gasteiger partial charge in [-0.3, -0.25) is 9.59 Å². The zero-order valence-corrected chi connectivity index (χ0v) is 18.0. The summed E-state index contributed by atoms with van der Waals surface area (Å²) < 4.78 is 5.46. The molecule has 2 atom stereocenters. The zero-order chi connectivity index (χ0) is 20.7. The summed E-state index contributed by atoms with van der Waals surface area (Å²) in [6.07, 6.45) is 12.7. The quantitative estimate of drug-likeness (QED) is 0.674. The van der Waals surface area contributed by atoms with Gasteiger partial charge in [0.2, 0.25) is 17.7 Å². The lowest BCUT2D eigenvalue weighted by Gasteiger charge is -2.31. The minimum Gasteiger partial charge on any atom is -0.353 e. The number of nitrogens with zero attached hydrogens (tertiary/aromatic N) is 2.